The standard InChI is InChI=1S/C27H34O13/c1-7-12(3)21(30)39-15-9-14(28)25(23(32)35-5)10-37-17-16(29)18(40-22(31)13(4)8-2)20-26(15,19(17)25)11-38-27(20,34)24(33)36-6/h7-8,14-15,17-20,28,34H,9-11H2,1-6H3/b12-7+,13-8+/t14-,15+,17+,18?,19+,20+,25+,26+,27+/m1/s1. The Bertz CT molecular complexity index is 1190. The summed E-state index contributed by atoms with van der Waals surface area (Å²) in [6.45, 7) is 5.13. The van der Waals surface area contributed by atoms with Crippen molar-refractivity contribution >= 4 is 29.7 Å². The van der Waals surface area contributed by atoms with Gasteiger partial charge in [0, 0.05) is 23.5 Å². The fourth-order valence-electron chi connectivity index (χ4n) is 6.79. The number of allylic oxidation sites excluding steroid dienone is 2. The van der Waals surface area contributed by atoms with E-state index in [0.29, 0.717) is 0 Å². The number of ketones is 1. The predicted molar refractivity (Wildman–Crippen MR) is 131 cm³/mol. The van der Waals surface area contributed by atoms with Gasteiger partial charge < -0.3 is 38.6 Å². The van der Waals surface area contributed by atoms with Crippen LogP contribution in [-0.2, 0) is 52.4 Å². The molecule has 2 heterocycles. The van der Waals surface area contributed by atoms with E-state index in [9.17, 15) is 34.2 Å². The van der Waals surface area contributed by atoms with Crippen LogP contribution in [0, 0.1) is 22.7 Å². The number of rotatable bonds is 6. The number of hydrogen-bond acceptors (Lipinski definition) is 13. The number of carbonyl (C=O) groups excluding carboxylic acids is 5. The number of ether oxygens (including phenoxy) is 6. The molecule has 0 amide bonds. The second kappa shape index (κ2) is 10.4. The molecule has 0 radical (unpaired) electrons. The van der Waals surface area contributed by atoms with Crippen LogP contribution in [0.25, 0.3) is 0 Å². The third-order valence-electron chi connectivity index (χ3n) is 9.01. The van der Waals surface area contributed by atoms with Crippen molar-refractivity contribution in [2.45, 2.75) is 64.3 Å². The lowest BCUT2D eigenvalue weighted by molar-refractivity contribution is -0.252. The Morgan fingerprint density at radius 3 is 2.05 bits per heavy atom. The molecule has 0 aromatic carbocycles. The zero-order chi connectivity index (χ0) is 29.8. The van der Waals surface area contributed by atoms with Gasteiger partial charge in [0.05, 0.1) is 44.9 Å². The molecule has 9 atom stereocenters. The zero-order valence-corrected chi connectivity index (χ0v) is 23.1. The van der Waals surface area contributed by atoms with Gasteiger partial charge in [0.15, 0.2) is 6.10 Å². The number of carbonyl (C=O) groups is 5. The third kappa shape index (κ3) is 3.85. The Hall–Kier alpha value is -3.13. The lowest BCUT2D eigenvalue weighted by Gasteiger charge is -2.59. The second-order valence-electron chi connectivity index (χ2n) is 10.6. The van der Waals surface area contributed by atoms with Crippen LogP contribution in [0.3, 0.4) is 0 Å². The van der Waals surface area contributed by atoms with Crippen LogP contribution in [0.2, 0.25) is 0 Å². The summed E-state index contributed by atoms with van der Waals surface area (Å²) in [5.41, 5.74) is -3.27. The highest BCUT2D eigenvalue weighted by Crippen LogP contribution is 2.68. The summed E-state index contributed by atoms with van der Waals surface area (Å²) in [6, 6.07) is 0. The molecular formula is C27H34O13. The third-order valence-corrected chi connectivity index (χ3v) is 9.01. The van der Waals surface area contributed by atoms with Crippen LogP contribution in [0.4, 0.5) is 0 Å². The maximum atomic E-state index is 14.0. The molecule has 1 spiro atoms. The maximum absolute atomic E-state index is 14.0. The van der Waals surface area contributed by atoms with Crippen molar-refractivity contribution in [3.05, 3.63) is 23.3 Å². The fourth-order valence-corrected chi connectivity index (χ4v) is 6.79. The normalized spacial score (nSPS) is 40.5. The van der Waals surface area contributed by atoms with E-state index in [1.54, 1.807) is 13.8 Å². The molecule has 2 saturated carbocycles. The summed E-state index contributed by atoms with van der Waals surface area (Å²) in [5.74, 6) is -10.7. The van der Waals surface area contributed by atoms with Gasteiger partial charge in [0.25, 0.3) is 5.79 Å². The van der Waals surface area contributed by atoms with Crippen molar-refractivity contribution in [1.82, 2.24) is 0 Å². The molecule has 0 aromatic heterocycles. The van der Waals surface area contributed by atoms with E-state index in [4.69, 9.17) is 28.4 Å². The van der Waals surface area contributed by atoms with Crippen molar-refractivity contribution in [3.8, 4) is 0 Å². The minimum atomic E-state index is -2.86. The Balaban J connectivity index is 2.00. The summed E-state index contributed by atoms with van der Waals surface area (Å²) in [4.78, 5) is 66.3. The van der Waals surface area contributed by atoms with E-state index >= 15 is 0 Å². The first-order valence-electron chi connectivity index (χ1n) is 12.9. The van der Waals surface area contributed by atoms with Crippen molar-refractivity contribution in [1.29, 1.82) is 0 Å². The Kier molecular flexibility index (Phi) is 7.73. The van der Waals surface area contributed by atoms with Gasteiger partial charge in [-0.15, -0.1) is 0 Å². The molecule has 0 bridgehead atoms. The van der Waals surface area contributed by atoms with E-state index in [1.807, 2.05) is 0 Å². The summed E-state index contributed by atoms with van der Waals surface area (Å²) in [6.07, 6.45) is -3.59. The Morgan fingerprint density at radius 2 is 1.50 bits per heavy atom. The molecule has 0 aromatic rings. The number of methoxy groups -OCH3 is 2. The van der Waals surface area contributed by atoms with Gasteiger partial charge in [-0.25, -0.2) is 14.4 Å². The van der Waals surface area contributed by atoms with Gasteiger partial charge in [0.1, 0.15) is 17.6 Å². The van der Waals surface area contributed by atoms with Crippen LogP contribution in [0.1, 0.15) is 34.1 Å². The van der Waals surface area contributed by atoms with Crippen LogP contribution >= 0.6 is 0 Å². The number of esters is 4. The van der Waals surface area contributed by atoms with Gasteiger partial charge in [0.2, 0.25) is 5.78 Å². The number of Topliss-reactive ketones (excluding diaryl/α,β-unsaturated/α-hetero) is 1. The average molecular weight is 567 g/mol. The molecule has 40 heavy (non-hydrogen) atoms. The summed E-state index contributed by atoms with van der Waals surface area (Å²) >= 11 is 0. The molecule has 2 aliphatic carbocycles. The molecule has 4 fully saturated rings. The van der Waals surface area contributed by atoms with Crippen LogP contribution < -0.4 is 0 Å². The largest absolute Gasteiger partial charge is 0.468 e. The Morgan fingerprint density at radius 1 is 0.925 bits per heavy atom. The van der Waals surface area contributed by atoms with Crippen LogP contribution in [0.15, 0.2) is 23.3 Å². The van der Waals surface area contributed by atoms with Crippen molar-refractivity contribution < 1.29 is 62.6 Å². The van der Waals surface area contributed by atoms with Gasteiger partial charge in [-0.05, 0) is 27.7 Å². The van der Waals surface area contributed by atoms with Gasteiger partial charge >= 0.3 is 23.9 Å². The summed E-state index contributed by atoms with van der Waals surface area (Å²) in [5, 5.41) is 23.1. The molecule has 4 aliphatic rings. The molecule has 220 valence electrons. The number of hydrogen-bond donors (Lipinski definition) is 2. The first kappa shape index (κ1) is 29.8. The topological polar surface area (TPSA) is 181 Å². The van der Waals surface area contributed by atoms with Crippen LogP contribution in [0.5, 0.6) is 0 Å². The van der Waals surface area contributed by atoms with E-state index in [1.165, 1.54) is 26.0 Å². The lowest BCUT2D eigenvalue weighted by atomic mass is 9.44. The van der Waals surface area contributed by atoms with Gasteiger partial charge in [-0.3, -0.25) is 9.59 Å². The second-order valence-corrected chi connectivity index (χ2v) is 10.6. The van der Waals surface area contributed by atoms with E-state index in [-0.39, 0.29) is 17.6 Å². The van der Waals surface area contributed by atoms with Crippen molar-refractivity contribution in [2.24, 2.45) is 22.7 Å². The highest BCUT2D eigenvalue weighted by Gasteiger charge is 2.84. The SMILES string of the molecule is C/C=C(\C)C(=O)OC1C(=O)[C@@H]2OC[C@]3(C(=O)OC)[C@H](O)C[C@H](OC(=O)/C(C)=C/C)[C@@]4(CO[C@](O)(C(=O)OC)[C@@H]14)[C@@H]23. The zero-order valence-electron chi connectivity index (χ0n) is 23.1. The first-order valence-corrected chi connectivity index (χ1v) is 12.9. The smallest absolute Gasteiger partial charge is 0.366 e. The summed E-state index contributed by atoms with van der Waals surface area (Å²) < 4.78 is 32.8. The fraction of sp³-hybridized carbons (Fsp3) is 0.667. The van der Waals surface area contributed by atoms with Gasteiger partial charge in [-0.2, -0.15) is 0 Å². The monoisotopic (exact) mass is 566 g/mol. The molecule has 13 nitrogen and oxygen atoms in total. The number of aliphatic hydroxyl groups excluding tert-OH is 1. The molecule has 2 aliphatic heterocycles. The molecular weight excluding hydrogens is 532 g/mol. The van der Waals surface area contributed by atoms with Crippen molar-refractivity contribution in [2.75, 3.05) is 27.4 Å². The summed E-state index contributed by atoms with van der Waals surface area (Å²) in [7, 11) is 2.09. The van der Waals surface area contributed by atoms with Crippen LogP contribution in [-0.4, -0.2) is 97.5 Å². The predicted octanol–water partition coefficient (Wildman–Crippen LogP) is -0.241. The average Bonchev–Trinajstić information content (AvgIpc) is 3.51. The van der Waals surface area contributed by atoms with E-state index < -0.39 is 95.7 Å². The molecule has 2 N–H and O–H groups in total. The van der Waals surface area contributed by atoms with Gasteiger partial charge in [-0.1, -0.05) is 12.2 Å². The molecule has 1 unspecified atom stereocenters. The quantitative estimate of drug-likeness (QED) is 0.244. The molecule has 2 saturated heterocycles. The first-order chi connectivity index (χ1) is 18.8. The van der Waals surface area contributed by atoms with Crippen molar-refractivity contribution in [3.63, 3.8) is 0 Å². The van der Waals surface area contributed by atoms with E-state index in [2.05, 4.69) is 0 Å². The molecule has 4 rings (SSSR count). The highest BCUT2D eigenvalue weighted by atomic mass is 16.7. The number of aliphatic hydroxyl groups is 2. The lowest BCUT2D eigenvalue weighted by Crippen LogP contribution is -2.74. The Labute approximate surface area is 230 Å². The highest BCUT2D eigenvalue weighted by molar-refractivity contribution is 5.97. The minimum absolute atomic E-state index is 0.131. The minimum Gasteiger partial charge on any atom is -0.468 e. The van der Waals surface area contributed by atoms with E-state index in [0.717, 1.165) is 14.2 Å². The maximum Gasteiger partial charge on any atom is 0.366 e. The molecule has 13 heteroatoms.